The Labute approximate surface area is 174 Å². The van der Waals surface area contributed by atoms with Crippen molar-refractivity contribution in [2.45, 2.75) is 47.5 Å². The first kappa shape index (κ1) is 22.9. The highest BCUT2D eigenvalue weighted by Crippen LogP contribution is 2.34. The van der Waals surface area contributed by atoms with E-state index in [1.54, 1.807) is 12.1 Å². The number of benzene rings is 1. The van der Waals surface area contributed by atoms with E-state index in [-0.39, 0.29) is 11.3 Å². The van der Waals surface area contributed by atoms with Gasteiger partial charge in [0.15, 0.2) is 5.75 Å². The summed E-state index contributed by atoms with van der Waals surface area (Å²) in [4.78, 5) is 35.0. The minimum absolute atomic E-state index is 0.147. The third kappa shape index (κ3) is 6.62. The van der Waals surface area contributed by atoms with Crippen molar-refractivity contribution in [3.05, 3.63) is 51.9 Å². The zero-order valence-corrected chi connectivity index (χ0v) is 17.9. The number of ether oxygens (including phenoxy) is 3. The monoisotopic (exact) mass is 414 g/mol. The highest BCUT2D eigenvalue weighted by atomic mass is 16.6. The van der Waals surface area contributed by atoms with Gasteiger partial charge in [-0.1, -0.05) is 17.2 Å². The van der Waals surface area contributed by atoms with Crippen molar-refractivity contribution in [2.24, 2.45) is 0 Å². The molecule has 0 N–H and O–H groups in total. The smallest absolute Gasteiger partial charge is 0.383 e. The van der Waals surface area contributed by atoms with Gasteiger partial charge in [0.2, 0.25) is 0 Å². The summed E-state index contributed by atoms with van der Waals surface area (Å²) < 4.78 is 21.0. The lowest BCUT2D eigenvalue weighted by atomic mass is 10.1. The fraction of sp³-hybridized carbons (Fsp3) is 0.348. The molecule has 0 fully saturated rings. The van der Waals surface area contributed by atoms with Gasteiger partial charge in [0.05, 0.1) is 5.39 Å². The molecule has 0 saturated heterocycles. The van der Waals surface area contributed by atoms with Crippen molar-refractivity contribution in [3.8, 4) is 17.2 Å². The third-order valence-corrected chi connectivity index (χ3v) is 4.06. The van der Waals surface area contributed by atoms with Gasteiger partial charge in [0, 0.05) is 19.9 Å². The zero-order valence-electron chi connectivity index (χ0n) is 17.9. The molecule has 0 aliphatic rings. The summed E-state index contributed by atoms with van der Waals surface area (Å²) in [5.41, 5.74) is 1.72. The van der Waals surface area contributed by atoms with Gasteiger partial charge < -0.3 is 18.6 Å². The fourth-order valence-corrected chi connectivity index (χ4v) is 2.67. The predicted molar refractivity (Wildman–Crippen MR) is 113 cm³/mol. The molecule has 7 heteroatoms. The molecule has 0 saturated carbocycles. The summed E-state index contributed by atoms with van der Waals surface area (Å²) in [7, 11) is 0. The Morgan fingerprint density at radius 2 is 1.63 bits per heavy atom. The Hall–Kier alpha value is -3.35. The number of carbonyl (C=O) groups excluding carboxylic acids is 2. The van der Waals surface area contributed by atoms with Gasteiger partial charge >= 0.3 is 17.6 Å². The fourth-order valence-electron chi connectivity index (χ4n) is 2.67. The molecule has 0 unspecified atom stereocenters. The van der Waals surface area contributed by atoms with Crippen LogP contribution in [0.25, 0.3) is 11.0 Å². The van der Waals surface area contributed by atoms with Crippen LogP contribution in [0.3, 0.4) is 0 Å². The molecule has 1 heterocycles. The van der Waals surface area contributed by atoms with Gasteiger partial charge in [-0.2, -0.15) is 0 Å². The Bertz CT molecular complexity index is 1050. The molecule has 0 amide bonds. The van der Waals surface area contributed by atoms with Gasteiger partial charge in [-0.3, -0.25) is 9.59 Å². The molecule has 1 aromatic heterocycles. The van der Waals surface area contributed by atoms with E-state index in [4.69, 9.17) is 18.6 Å². The highest BCUT2D eigenvalue weighted by molar-refractivity contribution is 5.90. The van der Waals surface area contributed by atoms with E-state index in [1.807, 2.05) is 13.0 Å². The van der Waals surface area contributed by atoms with Gasteiger partial charge in [0.25, 0.3) is 5.75 Å². The summed E-state index contributed by atoms with van der Waals surface area (Å²) in [6, 6.07) is 4.75. The maximum absolute atomic E-state index is 12.2. The molecular weight excluding hydrogens is 388 g/mol. The van der Waals surface area contributed by atoms with Gasteiger partial charge in [0.1, 0.15) is 17.9 Å². The molecule has 2 aromatic rings. The molecule has 30 heavy (non-hydrogen) atoms. The number of allylic oxidation sites excluding steroid dienone is 3. The average molecular weight is 414 g/mol. The molecule has 0 aliphatic heterocycles. The van der Waals surface area contributed by atoms with Crippen molar-refractivity contribution in [3.63, 3.8) is 0 Å². The Balaban J connectivity index is 2.25. The standard InChI is InChI=1S/C23H26O7/c1-14(2)7-6-8-15(3)11-12-27-18-9-10-19-20(13-18)30-23(26)22(29-17(5)25)21(19)28-16(4)24/h7,9-11,13H,6,8,12H2,1-5H3/b15-11+. The summed E-state index contributed by atoms with van der Waals surface area (Å²) in [5, 5.41) is 0.307. The number of carbonyl (C=O) groups is 2. The maximum Gasteiger partial charge on any atom is 0.383 e. The lowest BCUT2D eigenvalue weighted by molar-refractivity contribution is -0.134. The Morgan fingerprint density at radius 3 is 2.27 bits per heavy atom. The van der Waals surface area contributed by atoms with E-state index >= 15 is 0 Å². The second kappa shape index (κ2) is 10.4. The van der Waals surface area contributed by atoms with E-state index in [1.165, 1.54) is 24.1 Å². The van der Waals surface area contributed by atoms with E-state index in [0.717, 1.165) is 19.8 Å². The first-order chi connectivity index (χ1) is 14.2. The zero-order chi connectivity index (χ0) is 22.3. The van der Waals surface area contributed by atoms with Crippen LogP contribution in [0, 0.1) is 0 Å². The van der Waals surface area contributed by atoms with Crippen molar-refractivity contribution in [1.82, 2.24) is 0 Å². The van der Waals surface area contributed by atoms with Gasteiger partial charge in [-0.05, 0) is 51.8 Å². The first-order valence-corrected chi connectivity index (χ1v) is 9.57. The molecule has 0 aliphatic carbocycles. The topological polar surface area (TPSA) is 92.0 Å². The largest absolute Gasteiger partial charge is 0.489 e. The van der Waals surface area contributed by atoms with Crippen molar-refractivity contribution in [1.29, 1.82) is 0 Å². The number of rotatable bonds is 8. The van der Waals surface area contributed by atoms with Crippen LogP contribution >= 0.6 is 0 Å². The van der Waals surface area contributed by atoms with Crippen LogP contribution in [-0.4, -0.2) is 18.5 Å². The summed E-state index contributed by atoms with van der Waals surface area (Å²) >= 11 is 0. The summed E-state index contributed by atoms with van der Waals surface area (Å²) in [6.45, 7) is 8.86. The highest BCUT2D eigenvalue weighted by Gasteiger charge is 2.21. The third-order valence-electron chi connectivity index (χ3n) is 4.06. The number of hydrogen-bond donors (Lipinski definition) is 0. The maximum atomic E-state index is 12.2. The minimum atomic E-state index is -0.930. The van der Waals surface area contributed by atoms with Crippen LogP contribution in [0.2, 0.25) is 0 Å². The normalized spacial score (nSPS) is 11.2. The number of esters is 2. The molecule has 0 bridgehead atoms. The van der Waals surface area contributed by atoms with Crippen molar-refractivity contribution < 1.29 is 28.2 Å². The van der Waals surface area contributed by atoms with E-state index in [2.05, 4.69) is 19.9 Å². The van der Waals surface area contributed by atoms with Crippen LogP contribution in [0.15, 0.2) is 50.7 Å². The first-order valence-electron chi connectivity index (χ1n) is 9.57. The van der Waals surface area contributed by atoms with Crippen molar-refractivity contribution in [2.75, 3.05) is 6.61 Å². The molecule has 0 radical (unpaired) electrons. The van der Waals surface area contributed by atoms with Crippen LogP contribution in [-0.2, 0) is 9.59 Å². The Morgan fingerprint density at radius 1 is 0.967 bits per heavy atom. The molecular formula is C23H26O7. The number of fused-ring (bicyclic) bond motifs is 1. The molecule has 0 spiro atoms. The SMILES string of the molecule is CC(=O)Oc1c(OC(C)=O)c2ccc(OC/C=C(\C)CCC=C(C)C)cc2oc1=O. The van der Waals surface area contributed by atoms with Crippen LogP contribution in [0.5, 0.6) is 17.2 Å². The quantitative estimate of drug-likeness (QED) is 0.351. The van der Waals surface area contributed by atoms with Crippen molar-refractivity contribution >= 4 is 22.9 Å². The van der Waals surface area contributed by atoms with Gasteiger partial charge in [-0.25, -0.2) is 4.79 Å². The lowest BCUT2D eigenvalue weighted by Crippen LogP contribution is -2.15. The summed E-state index contributed by atoms with van der Waals surface area (Å²) in [5.74, 6) is -1.54. The molecule has 7 nitrogen and oxygen atoms in total. The van der Waals surface area contributed by atoms with Crippen LogP contribution < -0.4 is 19.8 Å². The van der Waals surface area contributed by atoms with Crippen LogP contribution in [0.1, 0.15) is 47.5 Å². The Kier molecular flexibility index (Phi) is 7.98. The van der Waals surface area contributed by atoms with E-state index in [0.29, 0.717) is 17.7 Å². The molecule has 160 valence electrons. The molecule has 0 atom stereocenters. The lowest BCUT2D eigenvalue weighted by Gasteiger charge is -2.11. The second-order valence-corrected chi connectivity index (χ2v) is 7.07. The average Bonchev–Trinajstić information content (AvgIpc) is 2.63. The van der Waals surface area contributed by atoms with Gasteiger partial charge in [-0.15, -0.1) is 0 Å². The summed E-state index contributed by atoms with van der Waals surface area (Å²) in [6.07, 6.45) is 6.11. The predicted octanol–water partition coefficient (Wildman–Crippen LogP) is 4.72. The molecule has 1 aromatic carbocycles. The van der Waals surface area contributed by atoms with E-state index < -0.39 is 23.3 Å². The minimum Gasteiger partial charge on any atom is -0.489 e. The number of hydrogen-bond acceptors (Lipinski definition) is 7. The second-order valence-electron chi connectivity index (χ2n) is 7.07. The van der Waals surface area contributed by atoms with E-state index in [9.17, 15) is 14.4 Å². The van der Waals surface area contributed by atoms with Crippen LogP contribution in [0.4, 0.5) is 0 Å². The molecule has 2 rings (SSSR count).